The summed E-state index contributed by atoms with van der Waals surface area (Å²) < 4.78 is 0. The van der Waals surface area contributed by atoms with Crippen LogP contribution in [0.1, 0.15) is 15.7 Å². The van der Waals surface area contributed by atoms with Gasteiger partial charge in [0.1, 0.15) is 0 Å². The van der Waals surface area contributed by atoms with E-state index in [1.165, 1.54) is 0 Å². The number of hydroxylamine groups is 2. The van der Waals surface area contributed by atoms with E-state index in [2.05, 4.69) is 0 Å². The van der Waals surface area contributed by atoms with Crippen LogP contribution in [0, 0.1) is 0 Å². The fourth-order valence-electron chi connectivity index (χ4n) is 0.561. The van der Waals surface area contributed by atoms with Crippen LogP contribution < -0.4 is 59.1 Å². The molecule has 0 radical (unpaired) electrons. The van der Waals surface area contributed by atoms with Gasteiger partial charge in [0.15, 0.2) is 0 Å². The Morgan fingerprint density at radius 3 is 1.50 bits per heavy atom. The second-order valence-corrected chi connectivity index (χ2v) is 2.24. The first-order chi connectivity index (χ1) is 5.52. The molecule has 0 amide bonds. The second-order valence-electron chi connectivity index (χ2n) is 2.24. The van der Waals surface area contributed by atoms with E-state index in [4.69, 9.17) is 15.4 Å². The molecule has 74 valence electrons. The zero-order chi connectivity index (χ0) is 9.56. The molecule has 14 heavy (non-hydrogen) atoms. The van der Waals surface area contributed by atoms with Crippen LogP contribution in [-0.2, 0) is 9.59 Å². The molecule has 8 heteroatoms. The van der Waals surface area contributed by atoms with Crippen LogP contribution >= 0.6 is 0 Å². The molecule has 0 heterocycles. The SMILES string of the molecule is O=C(O)CCN(O)CCC(=O)O.[H-].[H-].[Na+].[Na+]. The zero-order valence-electron chi connectivity index (χ0n) is 10.4. The van der Waals surface area contributed by atoms with Crippen LogP contribution in [-0.4, -0.2) is 45.5 Å². The molecule has 0 saturated heterocycles. The van der Waals surface area contributed by atoms with Crippen LogP contribution in [0.3, 0.4) is 0 Å². The second kappa shape index (κ2) is 11.9. The van der Waals surface area contributed by atoms with Gasteiger partial charge >= 0.3 is 71.1 Å². The summed E-state index contributed by atoms with van der Waals surface area (Å²) in [6.07, 6.45) is -0.397. The van der Waals surface area contributed by atoms with Crippen LogP contribution in [0.5, 0.6) is 0 Å². The first-order valence-corrected chi connectivity index (χ1v) is 3.40. The Hall–Kier alpha value is 0.860. The summed E-state index contributed by atoms with van der Waals surface area (Å²) in [5.74, 6) is -2.05. The van der Waals surface area contributed by atoms with E-state index in [-0.39, 0.29) is 87.9 Å². The van der Waals surface area contributed by atoms with Crippen molar-refractivity contribution in [3.05, 3.63) is 0 Å². The van der Waals surface area contributed by atoms with Gasteiger partial charge < -0.3 is 18.3 Å². The van der Waals surface area contributed by atoms with Gasteiger partial charge in [0.25, 0.3) is 0 Å². The van der Waals surface area contributed by atoms with Gasteiger partial charge in [0.05, 0.1) is 12.8 Å². The standard InChI is InChI=1S/C6H11NO5.2Na.2H/c8-5(9)1-3-7(12)4-2-6(10)11;;;;/h12H,1-4H2,(H,8,9)(H,10,11);;;;/q;2*+1;2*-1. The van der Waals surface area contributed by atoms with E-state index >= 15 is 0 Å². The van der Waals surface area contributed by atoms with Crippen molar-refractivity contribution < 1.29 is 87.0 Å². The van der Waals surface area contributed by atoms with E-state index in [0.717, 1.165) is 0 Å². The average molecular weight is 225 g/mol. The molecule has 3 N–H and O–H groups in total. The molecule has 6 nitrogen and oxygen atoms in total. The third kappa shape index (κ3) is 15.3. The first-order valence-electron chi connectivity index (χ1n) is 3.40. The van der Waals surface area contributed by atoms with Gasteiger partial charge in [-0.15, -0.1) is 0 Å². The number of aliphatic carboxylic acids is 2. The number of hydrogen-bond acceptors (Lipinski definition) is 4. The molecule has 0 aromatic heterocycles. The summed E-state index contributed by atoms with van der Waals surface area (Å²) in [5.41, 5.74) is 0. The average Bonchev–Trinajstić information content (AvgIpc) is 1.96. The normalized spacial score (nSPS) is 8.71. The smallest absolute Gasteiger partial charge is 1.00 e. The van der Waals surface area contributed by atoms with Gasteiger partial charge in [0, 0.05) is 13.1 Å². The van der Waals surface area contributed by atoms with Gasteiger partial charge in [-0.05, 0) is 0 Å². The molecule has 0 fully saturated rings. The van der Waals surface area contributed by atoms with Crippen molar-refractivity contribution in [2.45, 2.75) is 12.8 Å². The van der Waals surface area contributed by atoms with Crippen molar-refractivity contribution >= 4 is 11.9 Å². The Morgan fingerprint density at radius 1 is 1.00 bits per heavy atom. The minimum atomic E-state index is -1.02. The summed E-state index contributed by atoms with van der Waals surface area (Å²) in [4.78, 5) is 20.0. The van der Waals surface area contributed by atoms with E-state index in [9.17, 15) is 9.59 Å². The molecule has 0 saturated carbocycles. The molecule has 0 bridgehead atoms. The largest absolute Gasteiger partial charge is 1.00 e. The number of carbonyl (C=O) groups is 2. The van der Waals surface area contributed by atoms with Gasteiger partial charge in [0.2, 0.25) is 0 Å². The predicted octanol–water partition coefficient (Wildman–Crippen LogP) is -6.14. The number of carboxylic acids is 2. The number of carboxylic acid groups (broad SMARTS) is 2. The molecule has 0 aliphatic heterocycles. The summed E-state index contributed by atoms with van der Waals surface area (Å²) in [7, 11) is 0. The zero-order valence-corrected chi connectivity index (χ0v) is 12.4. The summed E-state index contributed by atoms with van der Waals surface area (Å²) in [6, 6.07) is 0. The van der Waals surface area contributed by atoms with Crippen molar-refractivity contribution in [1.29, 1.82) is 0 Å². The van der Waals surface area contributed by atoms with Crippen LogP contribution in [0.4, 0.5) is 0 Å². The molecule has 0 spiro atoms. The van der Waals surface area contributed by atoms with E-state index in [1.54, 1.807) is 0 Å². The van der Waals surface area contributed by atoms with Crippen molar-refractivity contribution in [3.8, 4) is 0 Å². The van der Waals surface area contributed by atoms with Crippen molar-refractivity contribution in [1.82, 2.24) is 5.06 Å². The van der Waals surface area contributed by atoms with E-state index in [0.29, 0.717) is 5.06 Å². The molecular formula is C6H13NNa2O5. The summed E-state index contributed by atoms with van der Waals surface area (Å²) in [6.45, 7) is -0.106. The minimum Gasteiger partial charge on any atom is -1.00 e. The Morgan fingerprint density at radius 2 is 1.29 bits per heavy atom. The third-order valence-corrected chi connectivity index (χ3v) is 1.17. The molecule has 0 atom stereocenters. The van der Waals surface area contributed by atoms with Crippen LogP contribution in [0.15, 0.2) is 0 Å². The van der Waals surface area contributed by atoms with Gasteiger partial charge in [-0.2, -0.15) is 5.06 Å². The third-order valence-electron chi connectivity index (χ3n) is 1.17. The van der Waals surface area contributed by atoms with Crippen molar-refractivity contribution in [2.75, 3.05) is 13.1 Å². The summed E-state index contributed by atoms with van der Waals surface area (Å²) in [5, 5.41) is 25.9. The maximum absolute atomic E-state index is 9.99. The maximum Gasteiger partial charge on any atom is 1.00 e. The Balaban J connectivity index is -0.000000101. The topological polar surface area (TPSA) is 98.1 Å². The Kier molecular flexibility index (Phi) is 17.3. The van der Waals surface area contributed by atoms with Crippen LogP contribution in [0.25, 0.3) is 0 Å². The molecule has 0 aromatic carbocycles. The fourth-order valence-corrected chi connectivity index (χ4v) is 0.561. The fraction of sp³-hybridized carbons (Fsp3) is 0.667. The van der Waals surface area contributed by atoms with Gasteiger partial charge in [-0.25, -0.2) is 0 Å². The molecular weight excluding hydrogens is 212 g/mol. The van der Waals surface area contributed by atoms with E-state index < -0.39 is 11.9 Å². The minimum absolute atomic E-state index is 0. The van der Waals surface area contributed by atoms with Gasteiger partial charge in [-0.3, -0.25) is 9.59 Å². The van der Waals surface area contributed by atoms with Crippen LogP contribution in [0.2, 0.25) is 0 Å². The molecule has 0 unspecified atom stereocenters. The molecule has 0 rings (SSSR count). The first kappa shape index (κ1) is 20.3. The number of nitrogens with zero attached hydrogens (tertiary/aromatic N) is 1. The predicted molar refractivity (Wildman–Crippen MR) is 40.1 cm³/mol. The Labute approximate surface area is 129 Å². The van der Waals surface area contributed by atoms with Crippen molar-refractivity contribution in [3.63, 3.8) is 0 Å². The number of hydrogen-bond donors (Lipinski definition) is 3. The molecule has 0 aromatic rings. The van der Waals surface area contributed by atoms with Crippen molar-refractivity contribution in [2.24, 2.45) is 0 Å². The molecule has 0 aliphatic rings. The van der Waals surface area contributed by atoms with E-state index in [1.807, 2.05) is 0 Å². The van der Waals surface area contributed by atoms with Gasteiger partial charge in [-0.1, -0.05) is 0 Å². The maximum atomic E-state index is 9.99. The number of rotatable bonds is 6. The molecule has 0 aliphatic carbocycles. The monoisotopic (exact) mass is 225 g/mol. The quantitative estimate of drug-likeness (QED) is 0.307. The summed E-state index contributed by atoms with van der Waals surface area (Å²) >= 11 is 0. The Bertz CT molecular complexity index is 168.